The summed E-state index contributed by atoms with van der Waals surface area (Å²) in [7, 11) is -2.23. The highest BCUT2D eigenvalue weighted by Crippen LogP contribution is 2.50. The van der Waals surface area contributed by atoms with Crippen molar-refractivity contribution in [2.75, 3.05) is 31.7 Å². The number of halogens is 1. The van der Waals surface area contributed by atoms with Crippen LogP contribution < -0.4 is 14.4 Å². The van der Waals surface area contributed by atoms with E-state index in [4.69, 9.17) is 21.1 Å². The normalized spacial score (nSPS) is 33.9. The number of sulfonamides is 1. The number of aryl methyl sites for hydroxylation is 1. The molecule has 0 saturated heterocycles. The van der Waals surface area contributed by atoms with Gasteiger partial charge in [0, 0.05) is 36.2 Å². The van der Waals surface area contributed by atoms with Crippen LogP contribution in [0.25, 0.3) is 0 Å². The van der Waals surface area contributed by atoms with Crippen LogP contribution in [0.4, 0.5) is 5.69 Å². The summed E-state index contributed by atoms with van der Waals surface area (Å²) in [5.41, 5.74) is 2.57. The molecule has 1 saturated carbocycles. The zero-order valence-electron chi connectivity index (χ0n) is 26.9. The van der Waals surface area contributed by atoms with E-state index in [1.807, 2.05) is 19.9 Å². The number of nitrogens with one attached hydrogen (secondary N) is 1. The van der Waals surface area contributed by atoms with Gasteiger partial charge in [-0.05, 0) is 118 Å². The van der Waals surface area contributed by atoms with Gasteiger partial charge in [-0.2, -0.15) is 0 Å². The molecule has 2 bridgehead atoms. The van der Waals surface area contributed by atoms with Gasteiger partial charge < -0.3 is 19.5 Å². The first-order chi connectivity index (χ1) is 21.4. The first kappa shape index (κ1) is 32.6. The van der Waals surface area contributed by atoms with E-state index < -0.39 is 32.9 Å². The van der Waals surface area contributed by atoms with Gasteiger partial charge in [-0.15, -0.1) is 0 Å². The number of hydrogen-bond acceptors (Lipinski definition) is 7. The third-order valence-electron chi connectivity index (χ3n) is 11.6. The van der Waals surface area contributed by atoms with Gasteiger partial charge in [0.1, 0.15) is 5.75 Å². The second-order valence-electron chi connectivity index (χ2n) is 14.1. The van der Waals surface area contributed by atoms with E-state index in [0.29, 0.717) is 44.7 Å². The summed E-state index contributed by atoms with van der Waals surface area (Å²) in [5, 5.41) is 11.2. The van der Waals surface area contributed by atoms with Gasteiger partial charge >= 0.3 is 0 Å². The molecule has 6 rings (SSSR count). The average molecular weight is 659 g/mol. The van der Waals surface area contributed by atoms with Crippen molar-refractivity contribution in [1.29, 1.82) is 0 Å². The minimum atomic E-state index is -3.93. The van der Waals surface area contributed by atoms with Crippen LogP contribution in [-0.4, -0.2) is 63.2 Å². The topological polar surface area (TPSA) is 105 Å². The van der Waals surface area contributed by atoms with Crippen LogP contribution in [-0.2, 0) is 26.6 Å². The van der Waals surface area contributed by atoms with Crippen LogP contribution in [0.3, 0.4) is 0 Å². The SMILES string of the molecule is CO[C@@]1([C@H](C)O)CCC[C@H](C)[C@@H](C)S(=O)(=O)NC(=O)c2ccc3c(c2)N(C[C@@H]2CC[C@H]21)C[C@@]1(CCCc2cc(Cl)ccc21)CO3. The molecule has 2 aliphatic carbocycles. The Kier molecular flexibility index (Phi) is 8.96. The van der Waals surface area contributed by atoms with E-state index in [9.17, 15) is 18.3 Å². The Morgan fingerprint density at radius 1 is 1.11 bits per heavy atom. The lowest BCUT2D eigenvalue weighted by molar-refractivity contribution is -0.172. The number of aliphatic hydroxyl groups excluding tert-OH is 1. The van der Waals surface area contributed by atoms with Crippen molar-refractivity contribution in [2.45, 2.75) is 94.5 Å². The van der Waals surface area contributed by atoms with Crippen LogP contribution in [0.5, 0.6) is 5.75 Å². The minimum absolute atomic E-state index is 0.138. The van der Waals surface area contributed by atoms with Crippen LogP contribution >= 0.6 is 11.6 Å². The molecule has 0 unspecified atom stereocenters. The molecule has 10 heteroatoms. The number of ether oxygens (including phenoxy) is 2. The molecule has 45 heavy (non-hydrogen) atoms. The fourth-order valence-corrected chi connectivity index (χ4v) is 10.1. The van der Waals surface area contributed by atoms with E-state index in [1.54, 1.807) is 32.2 Å². The van der Waals surface area contributed by atoms with Crippen molar-refractivity contribution in [3.05, 3.63) is 58.1 Å². The van der Waals surface area contributed by atoms with Crippen LogP contribution in [0.15, 0.2) is 36.4 Å². The molecule has 246 valence electrons. The molecule has 1 fully saturated rings. The third kappa shape index (κ3) is 5.87. The van der Waals surface area contributed by atoms with Gasteiger partial charge in [0.15, 0.2) is 0 Å². The van der Waals surface area contributed by atoms with Crippen molar-refractivity contribution in [1.82, 2.24) is 4.72 Å². The number of nitrogens with zero attached hydrogens (tertiary/aromatic N) is 1. The predicted octanol–water partition coefficient (Wildman–Crippen LogP) is 5.87. The molecule has 1 spiro atoms. The van der Waals surface area contributed by atoms with Crippen molar-refractivity contribution in [3.8, 4) is 5.75 Å². The zero-order chi connectivity index (χ0) is 32.1. The number of aliphatic hydroxyl groups is 1. The van der Waals surface area contributed by atoms with Crippen LogP contribution in [0.1, 0.15) is 87.2 Å². The Balaban J connectivity index is 1.45. The lowest BCUT2D eigenvalue weighted by atomic mass is 9.61. The smallest absolute Gasteiger partial charge is 0.264 e. The van der Waals surface area contributed by atoms with Crippen molar-refractivity contribution < 1.29 is 27.8 Å². The van der Waals surface area contributed by atoms with E-state index in [0.717, 1.165) is 42.8 Å². The van der Waals surface area contributed by atoms with E-state index in [2.05, 4.69) is 21.8 Å². The van der Waals surface area contributed by atoms with Gasteiger partial charge in [0.05, 0.1) is 29.2 Å². The number of fused-ring (bicyclic) bond motifs is 4. The number of hydrogen-bond donors (Lipinski definition) is 2. The maximum Gasteiger partial charge on any atom is 0.264 e. The van der Waals surface area contributed by atoms with Crippen molar-refractivity contribution in [2.24, 2.45) is 17.8 Å². The van der Waals surface area contributed by atoms with Gasteiger partial charge in [0.25, 0.3) is 5.91 Å². The summed E-state index contributed by atoms with van der Waals surface area (Å²) < 4.78 is 41.9. The van der Waals surface area contributed by atoms with Gasteiger partial charge in [-0.25, -0.2) is 13.1 Å². The zero-order valence-corrected chi connectivity index (χ0v) is 28.4. The first-order valence-corrected chi connectivity index (χ1v) is 18.4. The maximum atomic E-state index is 13.5. The summed E-state index contributed by atoms with van der Waals surface area (Å²) >= 11 is 6.43. The standard InChI is InChI=1S/C35H47ClN2O6S/c1-22-7-5-16-35(43-4,24(3)39)30-12-9-27(30)19-38-20-34(15-6-8-25-17-28(36)11-13-29(25)34)21-44-32-14-10-26(18-31(32)38)33(40)37-45(41,42)23(22)2/h10-11,13-14,17-18,22-24,27,30,39H,5-9,12,15-16,19-21H2,1-4H3,(H,37,40)/t22-,23+,24-,27-,30+,34-,35+/m0/s1. The summed E-state index contributed by atoms with van der Waals surface area (Å²) in [5.74, 6) is 0.260. The Hall–Kier alpha value is -2.33. The van der Waals surface area contributed by atoms with Crippen molar-refractivity contribution >= 4 is 33.2 Å². The van der Waals surface area contributed by atoms with Gasteiger partial charge in [-0.3, -0.25) is 4.79 Å². The molecule has 2 heterocycles. The van der Waals surface area contributed by atoms with E-state index in [-0.39, 0.29) is 28.7 Å². The lowest BCUT2D eigenvalue weighted by Crippen LogP contribution is -2.58. The molecular weight excluding hydrogens is 612 g/mol. The molecule has 2 aromatic rings. The maximum absolute atomic E-state index is 13.5. The Morgan fingerprint density at radius 2 is 1.91 bits per heavy atom. The van der Waals surface area contributed by atoms with E-state index >= 15 is 0 Å². The van der Waals surface area contributed by atoms with Crippen LogP contribution in [0.2, 0.25) is 5.02 Å². The molecule has 0 radical (unpaired) electrons. The molecule has 4 aliphatic rings. The second kappa shape index (κ2) is 12.4. The predicted molar refractivity (Wildman–Crippen MR) is 177 cm³/mol. The molecular formula is C35H47ClN2O6S. The molecule has 2 aromatic carbocycles. The fraction of sp³-hybridized carbons (Fsp3) is 0.629. The second-order valence-corrected chi connectivity index (χ2v) is 16.6. The fourth-order valence-electron chi connectivity index (χ4n) is 8.62. The highest BCUT2D eigenvalue weighted by molar-refractivity contribution is 7.90. The largest absolute Gasteiger partial charge is 0.490 e. The number of benzene rings is 2. The number of carbonyl (C=O) groups excluding carboxylic acids is 1. The summed E-state index contributed by atoms with van der Waals surface area (Å²) in [6, 6.07) is 11.4. The highest BCUT2D eigenvalue weighted by Gasteiger charge is 2.52. The molecule has 1 amide bonds. The number of carbonyl (C=O) groups is 1. The third-order valence-corrected chi connectivity index (χ3v) is 13.8. The molecule has 8 nitrogen and oxygen atoms in total. The quantitative estimate of drug-likeness (QED) is 0.416. The summed E-state index contributed by atoms with van der Waals surface area (Å²) in [6.45, 7) is 7.27. The number of methoxy groups -OCH3 is 1. The molecule has 2 aliphatic heterocycles. The number of anilines is 1. The summed E-state index contributed by atoms with van der Waals surface area (Å²) in [4.78, 5) is 15.8. The Labute approximate surface area is 272 Å². The van der Waals surface area contributed by atoms with Gasteiger partial charge in [0.2, 0.25) is 10.0 Å². The summed E-state index contributed by atoms with van der Waals surface area (Å²) in [6.07, 6.45) is 6.21. The van der Waals surface area contributed by atoms with Gasteiger partial charge in [-0.1, -0.05) is 31.0 Å². The lowest BCUT2D eigenvalue weighted by Gasteiger charge is -2.53. The highest BCUT2D eigenvalue weighted by atomic mass is 35.5. The average Bonchev–Trinajstić information content (AvgIpc) is 3.14. The molecule has 7 atom stereocenters. The minimum Gasteiger partial charge on any atom is -0.490 e. The Morgan fingerprint density at radius 3 is 2.62 bits per heavy atom. The monoisotopic (exact) mass is 658 g/mol. The number of amides is 1. The Bertz CT molecular complexity index is 1550. The molecule has 0 aromatic heterocycles. The van der Waals surface area contributed by atoms with Crippen molar-refractivity contribution in [3.63, 3.8) is 0 Å². The molecule has 2 N–H and O–H groups in total. The van der Waals surface area contributed by atoms with Crippen LogP contribution in [0, 0.1) is 17.8 Å². The number of rotatable bonds is 2. The van der Waals surface area contributed by atoms with E-state index in [1.165, 1.54) is 11.1 Å². The first-order valence-electron chi connectivity index (χ1n) is 16.5.